The van der Waals surface area contributed by atoms with E-state index in [1.54, 1.807) is 11.1 Å². The smallest absolute Gasteiger partial charge is 0.136 e. The molecule has 0 N–H and O–H groups in total. The fourth-order valence-electron chi connectivity index (χ4n) is 13.8. The third kappa shape index (κ3) is 2.80. The maximum absolute atomic E-state index is 7.08. The summed E-state index contributed by atoms with van der Waals surface area (Å²) in [5, 5.41) is 10.9. The van der Waals surface area contributed by atoms with E-state index in [1.165, 1.54) is 135 Å². The monoisotopic (exact) mass is 623 g/mol. The van der Waals surface area contributed by atoms with E-state index in [0.717, 1.165) is 34.8 Å². The molecular formula is C44H37N3O. The minimum atomic E-state index is 0.605. The summed E-state index contributed by atoms with van der Waals surface area (Å²) in [4.78, 5) is 11.0. The molecule has 0 aliphatic heterocycles. The van der Waals surface area contributed by atoms with Crippen molar-refractivity contribution in [3.05, 3.63) is 77.4 Å². The molecule has 4 saturated carbocycles. The first-order valence-electron chi connectivity index (χ1n) is 19.0. The molecule has 4 atom stereocenters. The van der Waals surface area contributed by atoms with E-state index < -0.39 is 0 Å². The molecule has 0 saturated heterocycles. The Morgan fingerprint density at radius 3 is 1.77 bits per heavy atom. The number of rotatable bonds is 0. The lowest BCUT2D eigenvalue weighted by atomic mass is 9.67. The summed E-state index contributed by atoms with van der Waals surface area (Å²) < 4.78 is 9.70. The van der Waals surface area contributed by atoms with Crippen molar-refractivity contribution in [1.29, 1.82) is 0 Å². The van der Waals surface area contributed by atoms with Crippen LogP contribution in [0.2, 0.25) is 0 Å². The summed E-state index contributed by atoms with van der Waals surface area (Å²) in [6, 6.07) is 15.9. The van der Waals surface area contributed by atoms with Gasteiger partial charge in [-0.2, -0.15) is 0 Å². The molecular weight excluding hydrogens is 587 g/mol. The molecule has 16 rings (SSSR count). The van der Waals surface area contributed by atoms with E-state index >= 15 is 0 Å². The summed E-state index contributed by atoms with van der Waals surface area (Å²) in [5.41, 5.74) is 12.1. The third-order valence-corrected chi connectivity index (χ3v) is 15.0. The average molecular weight is 624 g/mol. The van der Waals surface area contributed by atoms with Gasteiger partial charge in [-0.25, -0.2) is 0 Å². The highest BCUT2D eigenvalue weighted by Gasteiger charge is 2.46. The summed E-state index contributed by atoms with van der Waals surface area (Å²) in [6.45, 7) is 0. The van der Waals surface area contributed by atoms with Crippen LogP contribution in [0.1, 0.15) is 110 Å². The molecule has 3 aromatic carbocycles. The van der Waals surface area contributed by atoms with Crippen LogP contribution in [-0.2, 0) is 0 Å². The third-order valence-electron chi connectivity index (χ3n) is 15.0. The molecule has 234 valence electrons. The molecule has 5 aromatic heterocycles. The molecule has 8 aromatic rings. The van der Waals surface area contributed by atoms with Crippen LogP contribution in [0.15, 0.2) is 59.3 Å². The van der Waals surface area contributed by atoms with E-state index in [0.29, 0.717) is 23.7 Å². The highest BCUT2D eigenvalue weighted by atomic mass is 16.3. The topological polar surface area (TPSA) is 43.3 Å². The minimum Gasteiger partial charge on any atom is -0.456 e. The first-order chi connectivity index (χ1) is 23.7. The van der Waals surface area contributed by atoms with Crippen molar-refractivity contribution in [2.45, 2.75) is 87.9 Å². The first-order valence-corrected chi connectivity index (χ1v) is 19.0. The fourth-order valence-corrected chi connectivity index (χ4v) is 13.8. The van der Waals surface area contributed by atoms with E-state index in [-0.39, 0.29) is 0 Å². The van der Waals surface area contributed by atoms with Crippen LogP contribution < -0.4 is 0 Å². The van der Waals surface area contributed by atoms with Gasteiger partial charge < -0.3 is 8.82 Å². The fraction of sp³-hybridized carbons (Fsp3) is 0.409. The standard InChI is InChI=1S/C44H37N3O/c1-3-24-4-2-6-33-35(24)29(5-1)39-34(48-33)17-30-38-31(18-45-42-27-13-20-7-21(14-27)10-25(9-20)36(38)42)47-32-19-46-43-28-15-22-8-23(16-28)12-26(11-22)37(43)40(32)41(39)44(30)47/h1-6,17-23,25-28H,7-16H2. The largest absolute Gasteiger partial charge is 0.456 e. The van der Waals surface area contributed by atoms with Crippen LogP contribution in [0.4, 0.5) is 0 Å². The van der Waals surface area contributed by atoms with Gasteiger partial charge in [-0.3, -0.25) is 9.97 Å². The Bertz CT molecular complexity index is 2730. The van der Waals surface area contributed by atoms with Gasteiger partial charge in [0.05, 0.1) is 28.9 Å². The van der Waals surface area contributed by atoms with Gasteiger partial charge in [0.15, 0.2) is 0 Å². The average Bonchev–Trinajstić information content (AvgIpc) is 3.47. The number of aromatic nitrogens is 3. The van der Waals surface area contributed by atoms with Crippen LogP contribution >= 0.6 is 0 Å². The Morgan fingerprint density at radius 2 is 1.10 bits per heavy atom. The zero-order chi connectivity index (χ0) is 30.6. The van der Waals surface area contributed by atoms with Crippen molar-refractivity contribution in [1.82, 2.24) is 14.4 Å². The van der Waals surface area contributed by atoms with Crippen LogP contribution in [0, 0.1) is 23.7 Å². The zero-order valence-corrected chi connectivity index (χ0v) is 27.1. The molecule has 8 bridgehead atoms. The van der Waals surface area contributed by atoms with Gasteiger partial charge in [0, 0.05) is 55.5 Å². The van der Waals surface area contributed by atoms with Crippen molar-refractivity contribution < 1.29 is 4.42 Å². The quantitative estimate of drug-likeness (QED) is 0.125. The van der Waals surface area contributed by atoms with Gasteiger partial charge >= 0.3 is 0 Å². The van der Waals surface area contributed by atoms with Crippen molar-refractivity contribution in [3.8, 4) is 0 Å². The molecule has 8 aliphatic rings. The van der Waals surface area contributed by atoms with Gasteiger partial charge in [-0.05, 0) is 134 Å². The number of hydrogen-bond donors (Lipinski definition) is 0. The maximum atomic E-state index is 7.08. The molecule has 5 heterocycles. The van der Waals surface area contributed by atoms with Gasteiger partial charge in [-0.15, -0.1) is 0 Å². The summed E-state index contributed by atoms with van der Waals surface area (Å²) in [7, 11) is 0. The summed E-state index contributed by atoms with van der Waals surface area (Å²) in [6.07, 6.45) is 18.1. The Morgan fingerprint density at radius 1 is 0.521 bits per heavy atom. The molecule has 4 fully saturated rings. The van der Waals surface area contributed by atoms with Crippen molar-refractivity contribution >= 4 is 70.8 Å². The van der Waals surface area contributed by atoms with Crippen LogP contribution in [0.3, 0.4) is 0 Å². The van der Waals surface area contributed by atoms with Crippen LogP contribution in [0.25, 0.3) is 70.8 Å². The van der Waals surface area contributed by atoms with Crippen molar-refractivity contribution in [2.75, 3.05) is 0 Å². The number of nitrogens with zero attached hydrogens (tertiary/aromatic N) is 3. The highest BCUT2D eigenvalue weighted by molar-refractivity contribution is 6.36. The molecule has 48 heavy (non-hydrogen) atoms. The molecule has 0 radical (unpaired) electrons. The second-order valence-electron chi connectivity index (χ2n) is 17.4. The molecule has 0 amide bonds. The lowest BCUT2D eigenvalue weighted by Crippen LogP contribution is -2.25. The maximum Gasteiger partial charge on any atom is 0.136 e. The minimum absolute atomic E-state index is 0.605. The van der Waals surface area contributed by atoms with Crippen LogP contribution in [-0.4, -0.2) is 14.4 Å². The number of benzene rings is 3. The van der Waals surface area contributed by atoms with E-state index in [4.69, 9.17) is 14.4 Å². The van der Waals surface area contributed by atoms with E-state index in [2.05, 4.69) is 59.3 Å². The van der Waals surface area contributed by atoms with E-state index in [1.807, 2.05) is 0 Å². The number of fused-ring (bicyclic) bond motifs is 9. The molecule has 0 spiro atoms. The molecule has 8 aliphatic carbocycles. The van der Waals surface area contributed by atoms with Crippen LogP contribution in [0.5, 0.6) is 0 Å². The SMILES string of the molecule is c1cc2cccc3c2c(c1)oc1cc2c4c5c(ncc4n4c6cnc7c(c6c(c13)c24)C1CC2CC(CC7C2)C1)C1CC2CC(C1)CC5C2. The van der Waals surface area contributed by atoms with Gasteiger partial charge in [0.2, 0.25) is 0 Å². The highest BCUT2D eigenvalue weighted by Crippen LogP contribution is 2.61. The number of hydrogen-bond acceptors (Lipinski definition) is 3. The Labute approximate surface area is 277 Å². The molecule has 4 nitrogen and oxygen atoms in total. The summed E-state index contributed by atoms with van der Waals surface area (Å²) in [5.74, 6) is 5.91. The zero-order valence-electron chi connectivity index (χ0n) is 27.1. The van der Waals surface area contributed by atoms with Gasteiger partial charge in [-0.1, -0.05) is 30.3 Å². The Balaban J connectivity index is 1.24. The van der Waals surface area contributed by atoms with Gasteiger partial charge in [0.25, 0.3) is 0 Å². The molecule has 4 unspecified atom stereocenters. The predicted octanol–water partition coefficient (Wildman–Crippen LogP) is 11.5. The lowest BCUT2D eigenvalue weighted by Gasteiger charge is -2.38. The van der Waals surface area contributed by atoms with Crippen molar-refractivity contribution in [2.24, 2.45) is 23.7 Å². The van der Waals surface area contributed by atoms with E-state index in [9.17, 15) is 0 Å². The normalized spacial score (nSPS) is 31.8. The first kappa shape index (κ1) is 24.9. The second-order valence-corrected chi connectivity index (χ2v) is 17.4. The number of pyridine rings is 2. The summed E-state index contributed by atoms with van der Waals surface area (Å²) >= 11 is 0. The van der Waals surface area contributed by atoms with Crippen molar-refractivity contribution in [3.63, 3.8) is 0 Å². The van der Waals surface area contributed by atoms with Gasteiger partial charge in [0.1, 0.15) is 11.2 Å². The lowest BCUT2D eigenvalue weighted by molar-refractivity contribution is 0.165. The molecule has 4 heteroatoms. The predicted molar refractivity (Wildman–Crippen MR) is 193 cm³/mol. The Kier molecular flexibility index (Phi) is 4.23. The Hall–Kier alpha value is -4.18. The second kappa shape index (κ2) is 8.16.